The van der Waals surface area contributed by atoms with Gasteiger partial charge in [0.25, 0.3) is 0 Å². The topological polar surface area (TPSA) is 80.6 Å². The molecule has 0 atom stereocenters. The third kappa shape index (κ3) is 3.38. The molecule has 1 saturated heterocycles. The summed E-state index contributed by atoms with van der Waals surface area (Å²) in [5, 5.41) is 5.01. The van der Waals surface area contributed by atoms with Gasteiger partial charge in [0.05, 0.1) is 36.2 Å². The molecule has 1 amide bonds. The van der Waals surface area contributed by atoms with E-state index < -0.39 is 5.97 Å². The highest BCUT2D eigenvalue weighted by molar-refractivity contribution is 6.08. The Morgan fingerprint density at radius 3 is 2.67 bits per heavy atom. The Morgan fingerprint density at radius 1 is 1.20 bits per heavy atom. The Labute approximate surface area is 175 Å². The van der Waals surface area contributed by atoms with Gasteiger partial charge in [-0.15, -0.1) is 0 Å². The number of benzene rings is 1. The van der Waals surface area contributed by atoms with Gasteiger partial charge in [-0.1, -0.05) is 12.1 Å². The second-order valence-corrected chi connectivity index (χ2v) is 7.48. The lowest BCUT2D eigenvalue weighted by Gasteiger charge is -2.36. The molecule has 8 heteroatoms. The van der Waals surface area contributed by atoms with Crippen LogP contribution in [0.5, 0.6) is 0 Å². The van der Waals surface area contributed by atoms with E-state index in [9.17, 15) is 9.59 Å². The molecule has 1 fully saturated rings. The average molecular weight is 407 g/mol. The number of aromatic nitrogens is 3. The molecule has 156 valence electrons. The molecule has 8 nitrogen and oxygen atoms in total. The first kappa shape index (κ1) is 19.9. The first-order chi connectivity index (χ1) is 14.4. The van der Waals surface area contributed by atoms with E-state index in [4.69, 9.17) is 4.74 Å². The lowest BCUT2D eigenvalue weighted by molar-refractivity contribution is -0.117. The number of hydrogen-bond acceptors (Lipinski definition) is 6. The fourth-order valence-corrected chi connectivity index (χ4v) is 3.88. The van der Waals surface area contributed by atoms with E-state index in [1.165, 1.54) is 0 Å². The van der Waals surface area contributed by atoms with Crippen molar-refractivity contribution in [1.82, 2.24) is 14.8 Å². The van der Waals surface area contributed by atoms with Gasteiger partial charge in [0, 0.05) is 37.9 Å². The van der Waals surface area contributed by atoms with Crippen LogP contribution in [0.4, 0.5) is 11.4 Å². The van der Waals surface area contributed by atoms with Gasteiger partial charge in [-0.2, -0.15) is 5.10 Å². The molecule has 0 radical (unpaired) electrons. The van der Waals surface area contributed by atoms with Crippen molar-refractivity contribution in [3.8, 4) is 0 Å². The van der Waals surface area contributed by atoms with Gasteiger partial charge in [-0.05, 0) is 31.9 Å². The molecular weight excluding hydrogens is 382 g/mol. The zero-order chi connectivity index (χ0) is 21.4. The molecule has 0 aliphatic carbocycles. The summed E-state index contributed by atoms with van der Waals surface area (Å²) < 4.78 is 6.95. The second kappa shape index (κ2) is 7.78. The lowest BCUT2D eigenvalue weighted by Crippen LogP contribution is -2.51. The molecule has 4 rings (SSSR count). The van der Waals surface area contributed by atoms with E-state index >= 15 is 0 Å². The van der Waals surface area contributed by atoms with Crippen LogP contribution in [0.3, 0.4) is 0 Å². The maximum atomic E-state index is 13.0. The van der Waals surface area contributed by atoms with Gasteiger partial charge in [0.1, 0.15) is 5.56 Å². The molecule has 3 heterocycles. The Hall–Kier alpha value is -3.42. The second-order valence-electron chi connectivity index (χ2n) is 7.48. The lowest BCUT2D eigenvalue weighted by atomic mass is 10.0. The van der Waals surface area contributed by atoms with Crippen molar-refractivity contribution in [3.63, 3.8) is 0 Å². The molecule has 1 aliphatic rings. The first-order valence-corrected chi connectivity index (χ1v) is 10.0. The number of hydrogen-bond donors (Lipinski definition) is 0. The van der Waals surface area contributed by atoms with Crippen LogP contribution in [0.2, 0.25) is 0 Å². The summed E-state index contributed by atoms with van der Waals surface area (Å²) in [4.78, 5) is 33.9. The Kier molecular flexibility index (Phi) is 5.15. The summed E-state index contributed by atoms with van der Waals surface area (Å²) in [5.74, 6) is -0.472. The fraction of sp³-hybridized carbons (Fsp3) is 0.364. The number of carbonyl (C=O) groups excluding carboxylic acids is 2. The summed E-state index contributed by atoms with van der Waals surface area (Å²) in [5.41, 5.74) is 4.89. The van der Waals surface area contributed by atoms with Gasteiger partial charge in [0.2, 0.25) is 5.91 Å². The van der Waals surface area contributed by atoms with Gasteiger partial charge in [-0.3, -0.25) is 14.5 Å². The van der Waals surface area contributed by atoms with E-state index in [1.54, 1.807) is 28.9 Å². The minimum absolute atomic E-state index is 0.0437. The highest BCUT2D eigenvalue weighted by atomic mass is 16.5. The largest absolute Gasteiger partial charge is 0.462 e. The van der Waals surface area contributed by atoms with Crippen LogP contribution in [0.1, 0.15) is 28.4 Å². The van der Waals surface area contributed by atoms with E-state index in [-0.39, 0.29) is 19.1 Å². The fourth-order valence-electron chi connectivity index (χ4n) is 3.88. The predicted octanol–water partition coefficient (Wildman–Crippen LogP) is 2.62. The van der Waals surface area contributed by atoms with Crippen molar-refractivity contribution in [2.45, 2.75) is 20.8 Å². The quantitative estimate of drug-likeness (QED) is 0.619. The number of piperazine rings is 1. The van der Waals surface area contributed by atoms with E-state index in [2.05, 4.69) is 10.1 Å². The van der Waals surface area contributed by atoms with Crippen molar-refractivity contribution in [3.05, 3.63) is 47.4 Å². The first-order valence-electron chi connectivity index (χ1n) is 10.0. The van der Waals surface area contributed by atoms with Crippen molar-refractivity contribution in [2.75, 3.05) is 36.0 Å². The predicted molar refractivity (Wildman–Crippen MR) is 115 cm³/mol. The SMILES string of the molecule is CCOC(=O)c1cnc2c(C)c(C)ccc2c1N1CCN(c2cnn(C)c2)C(=O)C1. The molecule has 0 unspecified atom stereocenters. The standard InChI is InChI=1S/C22H25N5O3/c1-5-30-22(29)18-11-23-20-15(3)14(2)6-7-17(20)21(18)26-8-9-27(19(28)13-26)16-10-24-25(4)12-16/h6-7,10-12H,5,8-9,13H2,1-4H3. The van der Waals surface area contributed by atoms with Crippen LogP contribution in [0, 0.1) is 13.8 Å². The third-order valence-electron chi connectivity index (χ3n) is 5.57. The Balaban J connectivity index is 1.77. The summed E-state index contributed by atoms with van der Waals surface area (Å²) in [7, 11) is 1.82. The highest BCUT2D eigenvalue weighted by Crippen LogP contribution is 2.34. The van der Waals surface area contributed by atoms with Crippen LogP contribution in [0.15, 0.2) is 30.7 Å². The molecular formula is C22H25N5O3. The number of esters is 1. The molecule has 0 bridgehead atoms. The number of aryl methyl sites for hydroxylation is 3. The summed E-state index contributed by atoms with van der Waals surface area (Å²) in [6.45, 7) is 7.34. The number of pyridine rings is 1. The third-order valence-corrected chi connectivity index (χ3v) is 5.57. The number of amides is 1. The van der Waals surface area contributed by atoms with Crippen LogP contribution in [0.25, 0.3) is 10.9 Å². The maximum Gasteiger partial charge on any atom is 0.341 e. The number of anilines is 2. The highest BCUT2D eigenvalue weighted by Gasteiger charge is 2.30. The van der Waals surface area contributed by atoms with E-state index in [0.29, 0.717) is 24.3 Å². The van der Waals surface area contributed by atoms with Crippen LogP contribution >= 0.6 is 0 Å². The molecule has 1 aliphatic heterocycles. The van der Waals surface area contributed by atoms with Gasteiger partial charge >= 0.3 is 5.97 Å². The van der Waals surface area contributed by atoms with Crippen LogP contribution in [-0.4, -0.2) is 52.9 Å². The maximum absolute atomic E-state index is 13.0. The Morgan fingerprint density at radius 2 is 2.00 bits per heavy atom. The molecule has 1 aromatic carbocycles. The van der Waals surface area contributed by atoms with Gasteiger partial charge in [0.15, 0.2) is 0 Å². The minimum atomic E-state index is -0.428. The van der Waals surface area contributed by atoms with Crippen molar-refractivity contribution in [1.29, 1.82) is 0 Å². The summed E-state index contributed by atoms with van der Waals surface area (Å²) in [6.07, 6.45) is 5.08. The number of rotatable bonds is 4. The van der Waals surface area contributed by atoms with Crippen molar-refractivity contribution in [2.24, 2.45) is 7.05 Å². The van der Waals surface area contributed by atoms with Gasteiger partial charge < -0.3 is 14.5 Å². The monoisotopic (exact) mass is 407 g/mol. The van der Waals surface area contributed by atoms with Crippen LogP contribution < -0.4 is 9.80 Å². The zero-order valence-corrected chi connectivity index (χ0v) is 17.7. The zero-order valence-electron chi connectivity index (χ0n) is 17.7. The number of ether oxygens (including phenoxy) is 1. The molecule has 30 heavy (non-hydrogen) atoms. The van der Waals surface area contributed by atoms with Crippen molar-refractivity contribution >= 4 is 34.2 Å². The smallest absolute Gasteiger partial charge is 0.341 e. The van der Waals surface area contributed by atoms with Gasteiger partial charge in [-0.25, -0.2) is 4.79 Å². The molecule has 2 aromatic heterocycles. The number of nitrogens with zero attached hydrogens (tertiary/aromatic N) is 5. The molecule has 3 aromatic rings. The summed E-state index contributed by atoms with van der Waals surface area (Å²) in [6, 6.07) is 3.99. The Bertz CT molecular complexity index is 1140. The van der Waals surface area contributed by atoms with E-state index in [0.717, 1.165) is 27.7 Å². The van der Waals surface area contributed by atoms with Crippen LogP contribution in [-0.2, 0) is 16.6 Å². The molecule has 0 N–H and O–H groups in total. The number of fused-ring (bicyclic) bond motifs is 1. The van der Waals surface area contributed by atoms with E-state index in [1.807, 2.05) is 44.1 Å². The number of carbonyl (C=O) groups is 2. The minimum Gasteiger partial charge on any atom is -0.462 e. The van der Waals surface area contributed by atoms with Crippen molar-refractivity contribution < 1.29 is 14.3 Å². The average Bonchev–Trinajstić information content (AvgIpc) is 3.16. The normalized spacial score (nSPS) is 14.5. The summed E-state index contributed by atoms with van der Waals surface area (Å²) >= 11 is 0. The molecule has 0 saturated carbocycles. The molecule has 0 spiro atoms.